The number of aromatic nitrogens is 1. The van der Waals surface area contributed by atoms with Crippen LogP contribution in [0.15, 0.2) is 12.3 Å². The van der Waals surface area contributed by atoms with Gasteiger partial charge in [-0.3, -0.25) is 4.79 Å². The number of hydrogen-bond donors (Lipinski definition) is 2. The smallest absolute Gasteiger partial charge is 0.242 e. The summed E-state index contributed by atoms with van der Waals surface area (Å²) in [4.78, 5) is 12.2. The molecule has 0 spiro atoms. The van der Waals surface area contributed by atoms with Crippen molar-refractivity contribution in [3.8, 4) is 0 Å². The van der Waals surface area contributed by atoms with Crippen LogP contribution in [0, 0.1) is 5.41 Å². The molecule has 1 aromatic heterocycles. The van der Waals surface area contributed by atoms with Crippen molar-refractivity contribution < 1.29 is 14.6 Å². The van der Waals surface area contributed by atoms with E-state index in [2.05, 4.69) is 19.2 Å². The van der Waals surface area contributed by atoms with E-state index in [4.69, 9.17) is 4.74 Å². The van der Waals surface area contributed by atoms with Crippen LogP contribution in [0.1, 0.15) is 50.6 Å². The lowest BCUT2D eigenvalue weighted by molar-refractivity contribution is -0.124. The summed E-state index contributed by atoms with van der Waals surface area (Å²) in [6, 6.07) is 1.65. The number of ether oxygens (including phenoxy) is 1. The van der Waals surface area contributed by atoms with Gasteiger partial charge < -0.3 is 19.7 Å². The fraction of sp³-hybridized carbons (Fsp3) is 0.688. The fourth-order valence-electron chi connectivity index (χ4n) is 3.06. The molecule has 0 aromatic carbocycles. The average molecular weight is 294 g/mol. The van der Waals surface area contributed by atoms with Crippen molar-refractivity contribution in [1.29, 1.82) is 0 Å². The van der Waals surface area contributed by atoms with Crippen molar-refractivity contribution in [2.75, 3.05) is 20.3 Å². The second-order valence-corrected chi connectivity index (χ2v) is 6.65. The van der Waals surface area contributed by atoms with Gasteiger partial charge in [-0.25, -0.2) is 0 Å². The van der Waals surface area contributed by atoms with E-state index in [-0.39, 0.29) is 17.4 Å². The summed E-state index contributed by atoms with van der Waals surface area (Å²) in [6.07, 6.45) is 3.12. The van der Waals surface area contributed by atoms with E-state index >= 15 is 0 Å². The van der Waals surface area contributed by atoms with Crippen LogP contribution in [0.25, 0.3) is 0 Å². The van der Waals surface area contributed by atoms with Crippen LogP contribution < -0.4 is 5.32 Å². The van der Waals surface area contributed by atoms with Crippen molar-refractivity contribution in [3.63, 3.8) is 0 Å². The first-order chi connectivity index (χ1) is 9.85. The maximum atomic E-state index is 12.2. The molecule has 0 saturated carbocycles. The van der Waals surface area contributed by atoms with Gasteiger partial charge in [0.15, 0.2) is 0 Å². The van der Waals surface area contributed by atoms with E-state index in [9.17, 15) is 9.90 Å². The van der Waals surface area contributed by atoms with Crippen molar-refractivity contribution >= 4 is 5.91 Å². The first-order valence-corrected chi connectivity index (χ1v) is 7.50. The number of carbonyl (C=O) groups is 1. The van der Waals surface area contributed by atoms with E-state index < -0.39 is 6.10 Å². The van der Waals surface area contributed by atoms with Gasteiger partial charge in [-0.1, -0.05) is 13.8 Å². The molecule has 0 bridgehead atoms. The number of rotatable bonds is 5. The zero-order chi connectivity index (χ0) is 15.6. The Hall–Kier alpha value is -1.33. The fourth-order valence-corrected chi connectivity index (χ4v) is 3.06. The Morgan fingerprint density at radius 2 is 2.33 bits per heavy atom. The second-order valence-electron chi connectivity index (χ2n) is 6.65. The molecule has 2 unspecified atom stereocenters. The molecule has 0 fully saturated rings. The van der Waals surface area contributed by atoms with E-state index in [1.807, 2.05) is 23.8 Å². The van der Waals surface area contributed by atoms with Gasteiger partial charge in [0.1, 0.15) is 6.04 Å². The largest absolute Gasteiger partial charge is 0.388 e. The quantitative estimate of drug-likeness (QED) is 0.814. The number of carbonyl (C=O) groups excluding carboxylic acids is 1. The highest BCUT2D eigenvalue weighted by Gasteiger charge is 2.34. The molecule has 2 atom stereocenters. The molecule has 1 aromatic rings. The van der Waals surface area contributed by atoms with Crippen LogP contribution in [0.5, 0.6) is 0 Å². The highest BCUT2D eigenvalue weighted by molar-refractivity contribution is 5.80. The molecule has 118 valence electrons. The summed E-state index contributed by atoms with van der Waals surface area (Å²) in [6.45, 7) is 7.21. The Morgan fingerprint density at radius 1 is 1.62 bits per heavy atom. The molecule has 5 heteroatoms. The number of nitrogens with one attached hydrogen (secondary N) is 1. The summed E-state index contributed by atoms with van der Waals surface area (Å²) in [7, 11) is 1.61. The third-order valence-electron chi connectivity index (χ3n) is 4.21. The highest BCUT2D eigenvalue weighted by Crippen LogP contribution is 2.41. The van der Waals surface area contributed by atoms with E-state index in [0.717, 1.165) is 24.1 Å². The van der Waals surface area contributed by atoms with Gasteiger partial charge in [-0.2, -0.15) is 0 Å². The summed E-state index contributed by atoms with van der Waals surface area (Å²) in [5.74, 6) is -0.0247. The Labute approximate surface area is 126 Å². The lowest BCUT2D eigenvalue weighted by Crippen LogP contribution is -2.35. The first kappa shape index (κ1) is 16.0. The maximum Gasteiger partial charge on any atom is 0.242 e. The molecule has 0 radical (unpaired) electrons. The molecule has 2 N–H and O–H groups in total. The Bertz CT molecular complexity index is 508. The minimum atomic E-state index is -0.436. The molecule has 1 amide bonds. The number of amides is 1. The lowest BCUT2D eigenvalue weighted by Gasteiger charge is -2.34. The van der Waals surface area contributed by atoms with Crippen molar-refractivity contribution in [3.05, 3.63) is 23.5 Å². The van der Waals surface area contributed by atoms with Gasteiger partial charge in [0.2, 0.25) is 5.91 Å². The summed E-state index contributed by atoms with van der Waals surface area (Å²) in [5, 5.41) is 13.1. The second kappa shape index (κ2) is 6.20. The summed E-state index contributed by atoms with van der Waals surface area (Å²) < 4.78 is 6.93. The van der Waals surface area contributed by atoms with Crippen LogP contribution in [0.3, 0.4) is 0 Å². The van der Waals surface area contributed by atoms with Crippen LogP contribution in [0.2, 0.25) is 0 Å². The summed E-state index contributed by atoms with van der Waals surface area (Å²) >= 11 is 0. The normalized spacial score (nSPS) is 21.7. The molecular formula is C16H26N2O3. The van der Waals surface area contributed by atoms with Crippen molar-refractivity contribution in [2.45, 2.75) is 45.8 Å². The topological polar surface area (TPSA) is 63.5 Å². The molecule has 0 saturated heterocycles. The van der Waals surface area contributed by atoms with Crippen LogP contribution in [-0.2, 0) is 16.0 Å². The minimum absolute atomic E-state index is 0.0247. The van der Waals surface area contributed by atoms with Gasteiger partial charge in [-0.15, -0.1) is 0 Å². The van der Waals surface area contributed by atoms with Gasteiger partial charge >= 0.3 is 0 Å². The third-order valence-corrected chi connectivity index (χ3v) is 4.21. The van der Waals surface area contributed by atoms with Crippen molar-refractivity contribution in [2.24, 2.45) is 5.41 Å². The van der Waals surface area contributed by atoms with Gasteiger partial charge in [0.05, 0.1) is 12.7 Å². The standard InChI is InChI=1S/C16H26N2O3/c1-11(15(20)17-6-8-21-4)18-7-5-12-13(18)9-16(2,3)10-14(12)19/h5,7,11,14,19H,6,8-10H2,1-4H3,(H,17,20). The summed E-state index contributed by atoms with van der Waals surface area (Å²) in [5.41, 5.74) is 2.09. The van der Waals surface area contributed by atoms with Gasteiger partial charge in [0.25, 0.3) is 0 Å². The average Bonchev–Trinajstić information content (AvgIpc) is 2.80. The number of fused-ring (bicyclic) bond motifs is 1. The van der Waals surface area contributed by atoms with Crippen LogP contribution in [-0.4, -0.2) is 35.8 Å². The third kappa shape index (κ3) is 3.47. The zero-order valence-corrected chi connectivity index (χ0v) is 13.3. The number of hydrogen-bond acceptors (Lipinski definition) is 3. The van der Waals surface area contributed by atoms with Crippen LogP contribution in [0.4, 0.5) is 0 Å². The predicted molar refractivity (Wildman–Crippen MR) is 81.1 cm³/mol. The molecule has 1 aliphatic rings. The molecule has 5 nitrogen and oxygen atoms in total. The number of methoxy groups -OCH3 is 1. The molecule has 1 aliphatic carbocycles. The molecule has 21 heavy (non-hydrogen) atoms. The van der Waals surface area contributed by atoms with Crippen molar-refractivity contribution in [1.82, 2.24) is 9.88 Å². The Morgan fingerprint density at radius 3 is 3.00 bits per heavy atom. The molecule has 0 aliphatic heterocycles. The number of aliphatic hydroxyl groups excluding tert-OH is 1. The number of nitrogens with zero attached hydrogens (tertiary/aromatic N) is 1. The zero-order valence-electron chi connectivity index (χ0n) is 13.3. The molecule has 2 rings (SSSR count). The van der Waals surface area contributed by atoms with E-state index in [1.54, 1.807) is 7.11 Å². The van der Waals surface area contributed by atoms with Gasteiger partial charge in [-0.05, 0) is 31.2 Å². The monoisotopic (exact) mass is 294 g/mol. The Balaban J connectivity index is 2.16. The predicted octanol–water partition coefficient (Wildman–Crippen LogP) is 1.82. The van der Waals surface area contributed by atoms with Crippen LogP contribution >= 0.6 is 0 Å². The van der Waals surface area contributed by atoms with E-state index in [1.165, 1.54) is 0 Å². The first-order valence-electron chi connectivity index (χ1n) is 7.50. The highest BCUT2D eigenvalue weighted by atomic mass is 16.5. The minimum Gasteiger partial charge on any atom is -0.388 e. The van der Waals surface area contributed by atoms with Gasteiger partial charge in [0, 0.05) is 31.1 Å². The number of aliphatic hydroxyl groups is 1. The lowest BCUT2D eigenvalue weighted by atomic mass is 9.75. The Kier molecular flexibility index (Phi) is 4.74. The maximum absolute atomic E-state index is 12.2. The van der Waals surface area contributed by atoms with E-state index in [0.29, 0.717) is 13.2 Å². The molecular weight excluding hydrogens is 268 g/mol. The SMILES string of the molecule is COCCNC(=O)C(C)n1ccc2c1CC(C)(C)CC2O. The molecule has 1 heterocycles.